The molecule has 0 bridgehead atoms. The fourth-order valence-electron chi connectivity index (χ4n) is 2.66. The normalized spacial score (nSPS) is 16.9. The molecular formula is C15H22ClNO2. The molecule has 1 heterocycles. The van der Waals surface area contributed by atoms with Gasteiger partial charge in [-0.15, -0.1) is 12.4 Å². The molecule has 19 heavy (non-hydrogen) atoms. The first-order valence-corrected chi connectivity index (χ1v) is 6.58. The highest BCUT2D eigenvalue weighted by Gasteiger charge is 2.24. The van der Waals surface area contributed by atoms with E-state index in [2.05, 4.69) is 36.9 Å². The molecule has 4 heteroatoms. The van der Waals surface area contributed by atoms with Gasteiger partial charge in [0.15, 0.2) is 0 Å². The number of aliphatic carboxylic acids is 1. The Kier molecular flexibility index (Phi) is 5.83. The summed E-state index contributed by atoms with van der Waals surface area (Å²) in [5.74, 6) is -0.777. The summed E-state index contributed by atoms with van der Waals surface area (Å²) in [5.41, 5.74) is 4.05. The molecule has 1 aliphatic heterocycles. The van der Waals surface area contributed by atoms with Gasteiger partial charge in [-0.05, 0) is 56.5 Å². The minimum atomic E-state index is -0.637. The van der Waals surface area contributed by atoms with E-state index in [1.54, 1.807) is 0 Å². The molecule has 0 unspecified atom stereocenters. The standard InChI is InChI=1S/C15H21NO2.ClH/c1-11-4-3-5-12(2)14(11)10-16-8-6-13(7-9-16)15(17)18;/h3-5,13H,6-10H2,1-2H3,(H,17,18);1H. The molecule has 0 radical (unpaired) electrons. The van der Waals surface area contributed by atoms with E-state index in [9.17, 15) is 4.79 Å². The number of aryl methyl sites for hydroxylation is 2. The van der Waals surface area contributed by atoms with Crippen LogP contribution in [-0.4, -0.2) is 29.1 Å². The van der Waals surface area contributed by atoms with Crippen LogP contribution in [0.3, 0.4) is 0 Å². The zero-order chi connectivity index (χ0) is 13.1. The molecule has 1 fully saturated rings. The van der Waals surface area contributed by atoms with Gasteiger partial charge in [-0.25, -0.2) is 0 Å². The van der Waals surface area contributed by atoms with Crippen molar-refractivity contribution in [3.8, 4) is 0 Å². The van der Waals surface area contributed by atoms with Crippen molar-refractivity contribution in [3.05, 3.63) is 34.9 Å². The summed E-state index contributed by atoms with van der Waals surface area (Å²) in [6.45, 7) is 7.03. The molecular weight excluding hydrogens is 262 g/mol. The highest BCUT2D eigenvalue weighted by atomic mass is 35.5. The summed E-state index contributed by atoms with van der Waals surface area (Å²) in [5, 5.41) is 8.98. The predicted molar refractivity (Wildman–Crippen MR) is 78.8 cm³/mol. The second-order valence-corrected chi connectivity index (χ2v) is 5.26. The molecule has 0 aliphatic carbocycles. The van der Waals surface area contributed by atoms with E-state index in [4.69, 9.17) is 5.11 Å². The minimum absolute atomic E-state index is 0. The van der Waals surface area contributed by atoms with Crippen molar-refractivity contribution in [1.82, 2.24) is 4.90 Å². The van der Waals surface area contributed by atoms with E-state index in [1.807, 2.05) is 0 Å². The van der Waals surface area contributed by atoms with Crippen molar-refractivity contribution in [1.29, 1.82) is 0 Å². The van der Waals surface area contributed by atoms with Crippen LogP contribution in [0.2, 0.25) is 0 Å². The Morgan fingerprint density at radius 1 is 1.26 bits per heavy atom. The summed E-state index contributed by atoms with van der Waals surface area (Å²) in [4.78, 5) is 13.3. The third-order valence-electron chi connectivity index (χ3n) is 3.96. The highest BCUT2D eigenvalue weighted by Crippen LogP contribution is 2.21. The van der Waals surface area contributed by atoms with Crippen LogP contribution in [0.1, 0.15) is 29.5 Å². The van der Waals surface area contributed by atoms with E-state index in [0.29, 0.717) is 0 Å². The van der Waals surface area contributed by atoms with Crippen LogP contribution in [-0.2, 0) is 11.3 Å². The first-order chi connectivity index (χ1) is 8.58. The summed E-state index contributed by atoms with van der Waals surface area (Å²) in [6.07, 6.45) is 1.56. The maximum atomic E-state index is 10.9. The van der Waals surface area contributed by atoms with Crippen LogP contribution in [0.4, 0.5) is 0 Å². The van der Waals surface area contributed by atoms with E-state index in [-0.39, 0.29) is 18.3 Å². The van der Waals surface area contributed by atoms with Gasteiger partial charge in [0.25, 0.3) is 0 Å². The Morgan fingerprint density at radius 3 is 2.26 bits per heavy atom. The smallest absolute Gasteiger partial charge is 0.306 e. The van der Waals surface area contributed by atoms with E-state index in [0.717, 1.165) is 32.5 Å². The van der Waals surface area contributed by atoms with Gasteiger partial charge in [0.05, 0.1) is 5.92 Å². The summed E-state index contributed by atoms with van der Waals surface area (Å²) in [7, 11) is 0. The van der Waals surface area contributed by atoms with Crippen molar-refractivity contribution in [3.63, 3.8) is 0 Å². The first kappa shape index (κ1) is 16.0. The minimum Gasteiger partial charge on any atom is -0.481 e. The molecule has 1 saturated heterocycles. The number of halogens is 1. The van der Waals surface area contributed by atoms with Crippen molar-refractivity contribution in [2.45, 2.75) is 33.2 Å². The average Bonchev–Trinajstić information content (AvgIpc) is 2.34. The number of carbonyl (C=O) groups is 1. The molecule has 0 atom stereocenters. The summed E-state index contributed by atoms with van der Waals surface area (Å²) in [6, 6.07) is 6.38. The quantitative estimate of drug-likeness (QED) is 0.927. The van der Waals surface area contributed by atoms with Crippen molar-refractivity contribution in [2.75, 3.05) is 13.1 Å². The zero-order valence-electron chi connectivity index (χ0n) is 11.6. The van der Waals surface area contributed by atoms with Gasteiger partial charge in [-0.1, -0.05) is 18.2 Å². The predicted octanol–water partition coefficient (Wildman–Crippen LogP) is 3.02. The average molecular weight is 284 g/mol. The topological polar surface area (TPSA) is 40.5 Å². The molecule has 1 aromatic rings. The second-order valence-electron chi connectivity index (χ2n) is 5.26. The fourth-order valence-corrected chi connectivity index (χ4v) is 2.66. The van der Waals surface area contributed by atoms with Crippen LogP contribution in [0.15, 0.2) is 18.2 Å². The molecule has 2 rings (SSSR count). The van der Waals surface area contributed by atoms with Crippen molar-refractivity contribution < 1.29 is 9.90 Å². The Labute approximate surface area is 121 Å². The van der Waals surface area contributed by atoms with Gasteiger partial charge in [0.2, 0.25) is 0 Å². The van der Waals surface area contributed by atoms with Gasteiger partial charge >= 0.3 is 5.97 Å². The van der Waals surface area contributed by atoms with E-state index >= 15 is 0 Å². The highest BCUT2D eigenvalue weighted by molar-refractivity contribution is 5.85. The lowest BCUT2D eigenvalue weighted by Crippen LogP contribution is -2.36. The van der Waals surface area contributed by atoms with Crippen LogP contribution in [0.5, 0.6) is 0 Å². The maximum absolute atomic E-state index is 10.9. The van der Waals surface area contributed by atoms with Gasteiger partial charge in [0, 0.05) is 6.54 Å². The lowest BCUT2D eigenvalue weighted by molar-refractivity contribution is -0.143. The van der Waals surface area contributed by atoms with Crippen molar-refractivity contribution in [2.24, 2.45) is 5.92 Å². The van der Waals surface area contributed by atoms with Gasteiger partial charge in [-0.2, -0.15) is 0 Å². The van der Waals surface area contributed by atoms with Gasteiger partial charge in [-0.3, -0.25) is 9.69 Å². The second kappa shape index (κ2) is 6.92. The summed E-state index contributed by atoms with van der Waals surface area (Å²) < 4.78 is 0. The Balaban J connectivity index is 0.00000180. The molecule has 0 aromatic heterocycles. The first-order valence-electron chi connectivity index (χ1n) is 6.58. The fraction of sp³-hybridized carbons (Fsp3) is 0.533. The third kappa shape index (κ3) is 3.95. The number of benzene rings is 1. The number of hydrogen-bond donors (Lipinski definition) is 1. The largest absolute Gasteiger partial charge is 0.481 e. The van der Waals surface area contributed by atoms with E-state index in [1.165, 1.54) is 16.7 Å². The monoisotopic (exact) mass is 283 g/mol. The number of hydrogen-bond acceptors (Lipinski definition) is 2. The lowest BCUT2D eigenvalue weighted by atomic mass is 9.95. The lowest BCUT2D eigenvalue weighted by Gasteiger charge is -2.30. The number of rotatable bonds is 3. The number of piperidine rings is 1. The molecule has 3 nitrogen and oxygen atoms in total. The number of carboxylic acid groups (broad SMARTS) is 1. The molecule has 1 aromatic carbocycles. The number of carboxylic acids is 1. The number of likely N-dealkylation sites (tertiary alicyclic amines) is 1. The maximum Gasteiger partial charge on any atom is 0.306 e. The third-order valence-corrected chi connectivity index (χ3v) is 3.96. The molecule has 1 N–H and O–H groups in total. The Morgan fingerprint density at radius 2 is 1.79 bits per heavy atom. The van der Waals surface area contributed by atoms with E-state index < -0.39 is 5.97 Å². The molecule has 0 saturated carbocycles. The molecule has 0 amide bonds. The number of nitrogens with zero attached hydrogens (tertiary/aromatic N) is 1. The summed E-state index contributed by atoms with van der Waals surface area (Å²) >= 11 is 0. The Bertz CT molecular complexity index is 420. The van der Waals surface area contributed by atoms with Crippen LogP contribution in [0.25, 0.3) is 0 Å². The van der Waals surface area contributed by atoms with Crippen molar-refractivity contribution >= 4 is 18.4 Å². The molecule has 1 aliphatic rings. The molecule has 106 valence electrons. The molecule has 0 spiro atoms. The van der Waals surface area contributed by atoms with Gasteiger partial charge < -0.3 is 5.11 Å². The van der Waals surface area contributed by atoms with Crippen LogP contribution in [0, 0.1) is 19.8 Å². The Hall–Kier alpha value is -1.06. The SMILES string of the molecule is Cc1cccc(C)c1CN1CCC(C(=O)O)CC1.Cl. The van der Waals surface area contributed by atoms with Crippen LogP contribution >= 0.6 is 12.4 Å². The van der Waals surface area contributed by atoms with Gasteiger partial charge in [0.1, 0.15) is 0 Å². The zero-order valence-corrected chi connectivity index (χ0v) is 12.4. The van der Waals surface area contributed by atoms with Crippen LogP contribution < -0.4 is 0 Å².